The standard InChI is InChI=1S/C21H24FN3O2.ClH/c22-18-4-1-3-17(13-18)15-21(27)25-10-2-9-24(11-12-25)20(26)14-16-5-7-19(23)8-6-16;/h1,3-8,13H,2,9-12,14-15,23H2;1H. The van der Waals surface area contributed by atoms with Crippen molar-refractivity contribution < 1.29 is 14.0 Å². The Morgan fingerprint density at radius 2 is 1.43 bits per heavy atom. The van der Waals surface area contributed by atoms with Gasteiger partial charge in [0.1, 0.15) is 5.82 Å². The fourth-order valence-electron chi connectivity index (χ4n) is 3.27. The third-order valence-corrected chi connectivity index (χ3v) is 4.78. The molecule has 3 rings (SSSR count). The van der Waals surface area contributed by atoms with E-state index in [0.29, 0.717) is 43.9 Å². The van der Waals surface area contributed by atoms with Crippen LogP contribution in [-0.2, 0) is 22.4 Å². The summed E-state index contributed by atoms with van der Waals surface area (Å²) < 4.78 is 13.3. The van der Waals surface area contributed by atoms with Gasteiger partial charge in [-0.1, -0.05) is 24.3 Å². The van der Waals surface area contributed by atoms with Crippen molar-refractivity contribution in [1.82, 2.24) is 9.80 Å². The van der Waals surface area contributed by atoms with Crippen LogP contribution in [0.5, 0.6) is 0 Å². The van der Waals surface area contributed by atoms with Gasteiger partial charge in [-0.25, -0.2) is 4.39 Å². The molecule has 1 aliphatic rings. The third-order valence-electron chi connectivity index (χ3n) is 4.78. The summed E-state index contributed by atoms with van der Waals surface area (Å²) in [5, 5.41) is 0. The highest BCUT2D eigenvalue weighted by Gasteiger charge is 2.22. The molecule has 1 fully saturated rings. The van der Waals surface area contributed by atoms with Gasteiger partial charge in [-0.3, -0.25) is 9.59 Å². The molecule has 0 radical (unpaired) electrons. The molecular formula is C21H25ClFN3O2. The molecule has 28 heavy (non-hydrogen) atoms. The van der Waals surface area contributed by atoms with E-state index in [9.17, 15) is 14.0 Å². The number of nitrogens with two attached hydrogens (primary N) is 1. The van der Waals surface area contributed by atoms with Crippen LogP contribution in [0.25, 0.3) is 0 Å². The predicted octanol–water partition coefficient (Wildman–Crippen LogP) is 2.68. The van der Waals surface area contributed by atoms with Gasteiger partial charge in [-0.15, -0.1) is 12.4 Å². The zero-order valence-corrected chi connectivity index (χ0v) is 16.5. The Balaban J connectivity index is 0.00000280. The topological polar surface area (TPSA) is 66.6 Å². The molecule has 0 saturated carbocycles. The predicted molar refractivity (Wildman–Crippen MR) is 110 cm³/mol. The lowest BCUT2D eigenvalue weighted by Crippen LogP contribution is -2.38. The molecule has 7 heteroatoms. The van der Waals surface area contributed by atoms with Gasteiger partial charge in [0.05, 0.1) is 12.8 Å². The molecule has 0 aliphatic carbocycles. The maximum absolute atomic E-state index is 13.3. The van der Waals surface area contributed by atoms with E-state index in [2.05, 4.69) is 0 Å². The number of carbonyl (C=O) groups excluding carboxylic acids is 2. The van der Waals surface area contributed by atoms with E-state index in [0.717, 1.165) is 12.0 Å². The van der Waals surface area contributed by atoms with E-state index in [1.54, 1.807) is 29.2 Å². The average molecular weight is 406 g/mol. The van der Waals surface area contributed by atoms with Crippen LogP contribution in [0.4, 0.5) is 10.1 Å². The second-order valence-corrected chi connectivity index (χ2v) is 6.84. The molecule has 5 nitrogen and oxygen atoms in total. The molecule has 2 amide bonds. The first-order chi connectivity index (χ1) is 13.0. The summed E-state index contributed by atoms with van der Waals surface area (Å²) in [6.07, 6.45) is 1.25. The Labute approximate surface area is 170 Å². The number of benzene rings is 2. The Morgan fingerprint density at radius 1 is 0.857 bits per heavy atom. The van der Waals surface area contributed by atoms with Crippen LogP contribution < -0.4 is 5.73 Å². The minimum Gasteiger partial charge on any atom is -0.399 e. The van der Waals surface area contributed by atoms with Crippen molar-refractivity contribution in [3.05, 3.63) is 65.5 Å². The molecule has 1 heterocycles. The van der Waals surface area contributed by atoms with Gasteiger partial charge < -0.3 is 15.5 Å². The summed E-state index contributed by atoms with van der Waals surface area (Å²) in [7, 11) is 0. The highest BCUT2D eigenvalue weighted by Crippen LogP contribution is 2.12. The van der Waals surface area contributed by atoms with E-state index in [1.165, 1.54) is 12.1 Å². The van der Waals surface area contributed by atoms with E-state index >= 15 is 0 Å². The van der Waals surface area contributed by atoms with Gasteiger partial charge in [-0.05, 0) is 41.8 Å². The SMILES string of the molecule is Cl.Nc1ccc(CC(=O)N2CCCN(C(=O)Cc3cccc(F)c3)CC2)cc1. The molecule has 150 valence electrons. The molecule has 0 aromatic heterocycles. The Kier molecular flexibility index (Phi) is 7.81. The Morgan fingerprint density at radius 3 is 2.00 bits per heavy atom. The van der Waals surface area contributed by atoms with E-state index in [-0.39, 0.29) is 36.5 Å². The lowest BCUT2D eigenvalue weighted by atomic mass is 10.1. The Bertz CT molecular complexity index is 814. The molecule has 2 aromatic carbocycles. The van der Waals surface area contributed by atoms with Gasteiger partial charge in [0, 0.05) is 31.9 Å². The molecule has 0 unspecified atom stereocenters. The molecule has 2 N–H and O–H groups in total. The third kappa shape index (κ3) is 5.96. The summed E-state index contributed by atoms with van der Waals surface area (Å²) in [5.41, 5.74) is 7.94. The smallest absolute Gasteiger partial charge is 0.227 e. The minimum atomic E-state index is -0.337. The first kappa shape index (κ1) is 21.7. The maximum atomic E-state index is 13.3. The molecule has 0 atom stereocenters. The molecule has 0 spiro atoms. The van der Waals surface area contributed by atoms with Crippen LogP contribution in [0.3, 0.4) is 0 Å². The second kappa shape index (κ2) is 10.1. The van der Waals surface area contributed by atoms with Crippen LogP contribution in [0.2, 0.25) is 0 Å². The zero-order valence-electron chi connectivity index (χ0n) is 15.6. The summed E-state index contributed by atoms with van der Waals surface area (Å²) >= 11 is 0. The van der Waals surface area contributed by atoms with Crippen molar-refractivity contribution >= 4 is 29.9 Å². The summed E-state index contributed by atoms with van der Waals surface area (Å²) in [6.45, 7) is 2.27. The lowest BCUT2D eigenvalue weighted by molar-refractivity contribution is -0.132. The monoisotopic (exact) mass is 405 g/mol. The number of nitrogen functional groups attached to an aromatic ring is 1. The van der Waals surface area contributed by atoms with E-state index in [4.69, 9.17) is 5.73 Å². The molecule has 0 bridgehead atoms. The normalized spacial score (nSPS) is 14.2. The van der Waals surface area contributed by atoms with Crippen LogP contribution in [0, 0.1) is 5.82 Å². The fourth-order valence-corrected chi connectivity index (χ4v) is 3.27. The van der Waals surface area contributed by atoms with Crippen LogP contribution in [-0.4, -0.2) is 47.8 Å². The minimum absolute atomic E-state index is 0. The van der Waals surface area contributed by atoms with Crippen molar-refractivity contribution in [2.45, 2.75) is 19.3 Å². The average Bonchev–Trinajstić information content (AvgIpc) is 2.90. The molecular weight excluding hydrogens is 381 g/mol. The first-order valence-corrected chi connectivity index (χ1v) is 9.15. The van der Waals surface area contributed by atoms with Crippen molar-refractivity contribution in [3.63, 3.8) is 0 Å². The number of anilines is 1. The summed E-state index contributed by atoms with van der Waals surface area (Å²) in [5.74, 6) is -0.316. The van der Waals surface area contributed by atoms with Gasteiger partial charge in [-0.2, -0.15) is 0 Å². The Hall–Kier alpha value is -2.60. The largest absolute Gasteiger partial charge is 0.399 e. The van der Waals surface area contributed by atoms with Gasteiger partial charge >= 0.3 is 0 Å². The van der Waals surface area contributed by atoms with Crippen molar-refractivity contribution in [3.8, 4) is 0 Å². The highest BCUT2D eigenvalue weighted by molar-refractivity contribution is 5.85. The molecule has 1 saturated heterocycles. The number of hydrogen-bond acceptors (Lipinski definition) is 3. The molecule has 1 aliphatic heterocycles. The van der Waals surface area contributed by atoms with Crippen molar-refractivity contribution in [1.29, 1.82) is 0 Å². The number of hydrogen-bond donors (Lipinski definition) is 1. The van der Waals surface area contributed by atoms with Crippen LogP contribution in [0.15, 0.2) is 48.5 Å². The quantitative estimate of drug-likeness (QED) is 0.795. The number of rotatable bonds is 4. The van der Waals surface area contributed by atoms with Crippen LogP contribution >= 0.6 is 12.4 Å². The van der Waals surface area contributed by atoms with Gasteiger partial charge in [0.15, 0.2) is 0 Å². The number of nitrogens with zero attached hydrogens (tertiary/aromatic N) is 2. The van der Waals surface area contributed by atoms with Crippen LogP contribution in [0.1, 0.15) is 17.5 Å². The van der Waals surface area contributed by atoms with E-state index < -0.39 is 0 Å². The highest BCUT2D eigenvalue weighted by atomic mass is 35.5. The lowest BCUT2D eigenvalue weighted by Gasteiger charge is -2.22. The summed E-state index contributed by atoms with van der Waals surface area (Å²) in [6, 6.07) is 13.4. The van der Waals surface area contributed by atoms with Crippen molar-refractivity contribution in [2.24, 2.45) is 0 Å². The van der Waals surface area contributed by atoms with Gasteiger partial charge in [0.25, 0.3) is 0 Å². The second-order valence-electron chi connectivity index (χ2n) is 6.84. The maximum Gasteiger partial charge on any atom is 0.227 e. The first-order valence-electron chi connectivity index (χ1n) is 9.15. The molecule has 2 aromatic rings. The fraction of sp³-hybridized carbons (Fsp3) is 0.333. The zero-order chi connectivity index (χ0) is 19.2. The number of carbonyl (C=O) groups is 2. The number of amides is 2. The van der Waals surface area contributed by atoms with Crippen molar-refractivity contribution in [2.75, 3.05) is 31.9 Å². The van der Waals surface area contributed by atoms with E-state index in [1.807, 2.05) is 17.0 Å². The number of halogens is 2. The summed E-state index contributed by atoms with van der Waals surface area (Å²) in [4.78, 5) is 28.7. The van der Waals surface area contributed by atoms with Gasteiger partial charge in [0.2, 0.25) is 11.8 Å².